The number of sulfone groups is 1. The van der Waals surface area contributed by atoms with Crippen LogP contribution in [0.4, 0.5) is 23.3 Å². The second kappa shape index (κ2) is 10.00. The lowest BCUT2D eigenvalue weighted by molar-refractivity contribution is -0.191. The van der Waals surface area contributed by atoms with E-state index in [1.165, 1.54) is 18.6 Å². The third-order valence-corrected chi connectivity index (χ3v) is 6.63. The molecule has 0 aliphatic carbocycles. The second-order valence-corrected chi connectivity index (χ2v) is 10.3. The number of nitrogens with zero attached hydrogens (tertiary/aromatic N) is 5. The van der Waals surface area contributed by atoms with Gasteiger partial charge in [-0.3, -0.25) is 4.90 Å². The molecule has 0 atom stereocenters. The Kier molecular flexibility index (Phi) is 7.05. The molecule has 0 aromatic carbocycles. The normalized spacial score (nSPS) is 16.6. The molecule has 3 aromatic rings. The number of likely N-dealkylation sites (tertiary alicyclic amines) is 1. The average Bonchev–Trinajstić information content (AvgIpc) is 2.77. The van der Waals surface area contributed by atoms with Crippen LogP contribution in [0.2, 0.25) is 0 Å². The van der Waals surface area contributed by atoms with Gasteiger partial charge >= 0.3 is 0 Å². The summed E-state index contributed by atoms with van der Waals surface area (Å²) in [5.74, 6) is 1.80. The van der Waals surface area contributed by atoms with E-state index >= 15 is 0 Å². The molecule has 0 bridgehead atoms. The highest BCUT2D eigenvalue weighted by Gasteiger charge is 2.48. The number of nitrogens with one attached hydrogen (secondary N) is 2. The summed E-state index contributed by atoms with van der Waals surface area (Å²) in [5.41, 5.74) is 1.56. The Labute approximate surface area is 199 Å². The van der Waals surface area contributed by atoms with Gasteiger partial charge in [0.05, 0.1) is 13.2 Å². The fourth-order valence-corrected chi connectivity index (χ4v) is 4.75. The molecule has 2 aliphatic heterocycles. The minimum atomic E-state index is -3.43. The molecule has 10 nitrogen and oxygen atoms in total. The molecule has 1 spiro atoms. The Morgan fingerprint density at radius 3 is 2.35 bits per heavy atom. The summed E-state index contributed by atoms with van der Waals surface area (Å²) in [5, 5.41) is 6.09. The maximum absolute atomic E-state index is 12.0. The van der Waals surface area contributed by atoms with Crippen LogP contribution in [0.15, 0.2) is 53.9 Å². The van der Waals surface area contributed by atoms with E-state index in [9.17, 15) is 8.42 Å². The van der Waals surface area contributed by atoms with Crippen LogP contribution in [-0.2, 0) is 21.1 Å². The lowest BCUT2D eigenvalue weighted by atomic mass is 9.78. The van der Waals surface area contributed by atoms with Gasteiger partial charge in [0.15, 0.2) is 9.84 Å². The highest BCUT2D eigenvalue weighted by molar-refractivity contribution is 7.90. The molecule has 5 rings (SSSR count). The van der Waals surface area contributed by atoms with E-state index in [0.29, 0.717) is 22.9 Å². The molecular formula is C23H29N7O3S. The molecule has 34 heavy (non-hydrogen) atoms. The van der Waals surface area contributed by atoms with E-state index in [0.717, 1.165) is 44.7 Å². The van der Waals surface area contributed by atoms with Gasteiger partial charge in [-0.2, -0.15) is 0 Å². The average molecular weight is 484 g/mol. The quantitative estimate of drug-likeness (QED) is 0.518. The smallest absolute Gasteiger partial charge is 0.179 e. The summed E-state index contributed by atoms with van der Waals surface area (Å²) < 4.78 is 29.3. The van der Waals surface area contributed by atoms with Crippen LogP contribution in [0.5, 0.6) is 0 Å². The van der Waals surface area contributed by atoms with Crippen molar-refractivity contribution in [2.45, 2.75) is 25.3 Å². The molecule has 0 saturated carbocycles. The zero-order chi connectivity index (χ0) is 24.2. The van der Waals surface area contributed by atoms with Gasteiger partial charge in [0.1, 0.15) is 34.5 Å². The van der Waals surface area contributed by atoms with Gasteiger partial charge in [0.25, 0.3) is 0 Å². The molecule has 2 fully saturated rings. The molecule has 11 heteroatoms. The van der Waals surface area contributed by atoms with Gasteiger partial charge in [-0.1, -0.05) is 19.9 Å². The van der Waals surface area contributed by atoms with Gasteiger partial charge in [-0.05, 0) is 23.8 Å². The molecule has 2 N–H and O–H groups in total. The Morgan fingerprint density at radius 2 is 1.74 bits per heavy atom. The third-order valence-electron chi connectivity index (χ3n) is 5.51. The Hall–Kier alpha value is -3.15. The van der Waals surface area contributed by atoms with Gasteiger partial charge < -0.3 is 15.4 Å². The van der Waals surface area contributed by atoms with E-state index in [-0.39, 0.29) is 10.7 Å². The van der Waals surface area contributed by atoms with Crippen LogP contribution in [-0.4, -0.2) is 65.8 Å². The summed E-state index contributed by atoms with van der Waals surface area (Å²) in [7, 11) is -3.43. The standard InChI is InChI=1S/C21H23N7O3S.C2H6/c1-32(29,30)16-3-2-6-22-20(16)27-19-7-18(24-14-25-19)26-17-5-4-15(8-23-17)9-28-10-21(11-28)12-31-13-21;1-2/h2-8,14H,9-13H2,1H3,(H2,22,23,24,25,26,27);1-2H3. The molecular weight excluding hydrogens is 454 g/mol. The summed E-state index contributed by atoms with van der Waals surface area (Å²) >= 11 is 0. The molecule has 5 heterocycles. The highest BCUT2D eigenvalue weighted by Crippen LogP contribution is 2.38. The minimum Gasteiger partial charge on any atom is -0.380 e. The van der Waals surface area contributed by atoms with Crippen LogP contribution in [0.25, 0.3) is 0 Å². The van der Waals surface area contributed by atoms with Crippen molar-refractivity contribution in [1.29, 1.82) is 0 Å². The van der Waals surface area contributed by atoms with Crippen molar-refractivity contribution in [3.8, 4) is 0 Å². The monoisotopic (exact) mass is 483 g/mol. The third kappa shape index (κ3) is 5.49. The zero-order valence-electron chi connectivity index (χ0n) is 19.5. The Morgan fingerprint density at radius 1 is 1.00 bits per heavy atom. The zero-order valence-corrected chi connectivity index (χ0v) is 20.3. The van der Waals surface area contributed by atoms with Crippen LogP contribution < -0.4 is 10.6 Å². The molecule has 3 aromatic heterocycles. The van der Waals surface area contributed by atoms with Gasteiger partial charge in [-0.15, -0.1) is 0 Å². The summed E-state index contributed by atoms with van der Waals surface area (Å²) in [6, 6.07) is 8.69. The van der Waals surface area contributed by atoms with Gasteiger partial charge in [0.2, 0.25) is 0 Å². The number of hydrogen-bond donors (Lipinski definition) is 2. The molecule has 0 amide bonds. The van der Waals surface area contributed by atoms with Crippen LogP contribution in [0, 0.1) is 5.41 Å². The van der Waals surface area contributed by atoms with Crippen molar-refractivity contribution >= 4 is 33.1 Å². The largest absolute Gasteiger partial charge is 0.380 e. The number of aromatic nitrogens is 4. The van der Waals surface area contributed by atoms with E-state index in [2.05, 4.69) is 35.5 Å². The highest BCUT2D eigenvalue weighted by atomic mass is 32.2. The molecule has 180 valence electrons. The van der Waals surface area contributed by atoms with Gasteiger partial charge in [0, 0.05) is 49.8 Å². The first-order valence-corrected chi connectivity index (χ1v) is 13.0. The van der Waals surface area contributed by atoms with E-state index in [4.69, 9.17) is 4.74 Å². The second-order valence-electron chi connectivity index (χ2n) is 8.35. The van der Waals surface area contributed by atoms with E-state index < -0.39 is 9.84 Å². The van der Waals surface area contributed by atoms with Crippen molar-refractivity contribution in [1.82, 2.24) is 24.8 Å². The minimum absolute atomic E-state index is 0.100. The van der Waals surface area contributed by atoms with Crippen molar-refractivity contribution in [2.75, 3.05) is 43.2 Å². The lowest BCUT2D eigenvalue weighted by Gasteiger charge is -2.55. The maximum Gasteiger partial charge on any atom is 0.179 e. The van der Waals surface area contributed by atoms with E-state index in [1.54, 1.807) is 12.1 Å². The number of pyridine rings is 2. The predicted molar refractivity (Wildman–Crippen MR) is 130 cm³/mol. The first-order chi connectivity index (χ1) is 16.4. The fraction of sp³-hybridized carbons (Fsp3) is 0.391. The summed E-state index contributed by atoms with van der Waals surface area (Å²) in [6.45, 7) is 8.82. The van der Waals surface area contributed by atoms with Crippen LogP contribution in [0.1, 0.15) is 19.4 Å². The molecule has 2 saturated heterocycles. The first kappa shape index (κ1) is 24.0. The van der Waals surface area contributed by atoms with Crippen molar-refractivity contribution < 1.29 is 13.2 Å². The number of ether oxygens (including phenoxy) is 1. The van der Waals surface area contributed by atoms with Gasteiger partial charge in [-0.25, -0.2) is 28.4 Å². The van der Waals surface area contributed by atoms with Crippen LogP contribution in [0.3, 0.4) is 0 Å². The number of rotatable bonds is 7. The summed E-state index contributed by atoms with van der Waals surface area (Å²) in [6.07, 6.45) is 5.89. The Balaban J connectivity index is 0.00000133. The predicted octanol–water partition coefficient (Wildman–Crippen LogP) is 3.02. The lowest BCUT2D eigenvalue weighted by Crippen LogP contribution is -2.65. The number of anilines is 4. The molecule has 2 aliphatic rings. The first-order valence-electron chi connectivity index (χ1n) is 11.1. The number of hydrogen-bond acceptors (Lipinski definition) is 10. The topological polar surface area (TPSA) is 122 Å². The molecule has 0 radical (unpaired) electrons. The van der Waals surface area contributed by atoms with Crippen molar-refractivity contribution in [2.24, 2.45) is 5.41 Å². The summed E-state index contributed by atoms with van der Waals surface area (Å²) in [4.78, 5) is 19.5. The molecule has 0 unspecified atom stereocenters. The Bertz CT molecular complexity index is 1220. The van der Waals surface area contributed by atoms with Crippen LogP contribution >= 0.6 is 0 Å². The maximum atomic E-state index is 12.0. The fourth-order valence-electron chi connectivity index (χ4n) is 3.97. The van der Waals surface area contributed by atoms with Crippen molar-refractivity contribution in [3.63, 3.8) is 0 Å². The SMILES string of the molecule is CC.CS(=O)(=O)c1cccnc1Nc1cc(Nc2ccc(CN3CC4(COC4)C3)cn2)ncn1. The van der Waals surface area contributed by atoms with E-state index in [1.807, 2.05) is 32.2 Å². The van der Waals surface area contributed by atoms with Crippen molar-refractivity contribution in [3.05, 3.63) is 54.6 Å².